The van der Waals surface area contributed by atoms with E-state index >= 15 is 0 Å². The number of aryl methyl sites for hydroxylation is 2. The molecule has 2 rings (SSSR count). The van der Waals surface area contributed by atoms with Gasteiger partial charge in [-0.3, -0.25) is 13.9 Å². The Morgan fingerprint density at radius 2 is 1.71 bits per heavy atom. The van der Waals surface area contributed by atoms with Crippen LogP contribution in [0.1, 0.15) is 37.0 Å². The summed E-state index contributed by atoms with van der Waals surface area (Å²) in [6.45, 7) is 7.54. The Morgan fingerprint density at radius 3 is 2.21 bits per heavy atom. The van der Waals surface area contributed by atoms with Crippen LogP contribution in [-0.4, -0.2) is 57.6 Å². The van der Waals surface area contributed by atoms with Crippen molar-refractivity contribution in [1.82, 2.24) is 10.2 Å². The number of hydrogen-bond donors (Lipinski definition) is 1. The van der Waals surface area contributed by atoms with E-state index in [0.717, 1.165) is 27.3 Å². The van der Waals surface area contributed by atoms with Crippen molar-refractivity contribution in [3.63, 3.8) is 0 Å². The van der Waals surface area contributed by atoms with Gasteiger partial charge in [-0.05, 0) is 56.5 Å². The van der Waals surface area contributed by atoms with Gasteiger partial charge in [-0.2, -0.15) is 0 Å². The van der Waals surface area contributed by atoms with Crippen molar-refractivity contribution in [3.05, 3.63) is 59.2 Å². The second-order valence-corrected chi connectivity index (χ2v) is 10.2. The molecule has 0 aromatic heterocycles. The first-order valence-electron chi connectivity index (χ1n) is 11.3. The number of nitrogens with one attached hydrogen (secondary N) is 1. The van der Waals surface area contributed by atoms with E-state index in [1.54, 1.807) is 25.3 Å². The Balaban J connectivity index is 2.45. The van der Waals surface area contributed by atoms with E-state index in [2.05, 4.69) is 5.32 Å². The molecule has 8 nitrogen and oxygen atoms in total. The number of methoxy groups -OCH3 is 1. The summed E-state index contributed by atoms with van der Waals surface area (Å²) in [6, 6.07) is 11.8. The number of ether oxygens (including phenoxy) is 1. The minimum atomic E-state index is -3.76. The van der Waals surface area contributed by atoms with Gasteiger partial charge in [0.15, 0.2) is 0 Å². The van der Waals surface area contributed by atoms with Gasteiger partial charge in [0.25, 0.3) is 0 Å². The Labute approximate surface area is 202 Å². The molecule has 0 fully saturated rings. The molecule has 34 heavy (non-hydrogen) atoms. The Morgan fingerprint density at radius 1 is 1.06 bits per heavy atom. The van der Waals surface area contributed by atoms with Gasteiger partial charge in [-0.25, -0.2) is 8.42 Å². The molecular weight excluding hydrogens is 454 g/mol. The van der Waals surface area contributed by atoms with Crippen molar-refractivity contribution in [2.45, 2.75) is 46.7 Å². The average Bonchev–Trinajstić information content (AvgIpc) is 2.77. The summed E-state index contributed by atoms with van der Waals surface area (Å²) in [4.78, 5) is 27.9. The summed E-state index contributed by atoms with van der Waals surface area (Å²) >= 11 is 0. The van der Waals surface area contributed by atoms with E-state index < -0.39 is 28.5 Å². The molecule has 1 N–H and O–H groups in total. The molecule has 2 aromatic rings. The highest BCUT2D eigenvalue weighted by Gasteiger charge is 2.31. The second kappa shape index (κ2) is 11.9. The first kappa shape index (κ1) is 27.2. The van der Waals surface area contributed by atoms with E-state index in [1.807, 2.05) is 52.0 Å². The van der Waals surface area contributed by atoms with Gasteiger partial charge < -0.3 is 15.0 Å². The lowest BCUT2D eigenvalue weighted by Crippen LogP contribution is -2.52. The highest BCUT2D eigenvalue weighted by molar-refractivity contribution is 7.92. The summed E-state index contributed by atoms with van der Waals surface area (Å²) in [6.07, 6.45) is 1.46. The lowest BCUT2D eigenvalue weighted by atomic mass is 10.1. The number of anilines is 1. The molecule has 0 aliphatic rings. The lowest BCUT2D eigenvalue weighted by molar-refractivity contribution is -0.140. The number of nitrogens with zero attached hydrogens (tertiary/aromatic N) is 2. The molecule has 2 amide bonds. The van der Waals surface area contributed by atoms with E-state index in [-0.39, 0.29) is 12.5 Å². The summed E-state index contributed by atoms with van der Waals surface area (Å²) < 4.78 is 31.7. The van der Waals surface area contributed by atoms with Gasteiger partial charge >= 0.3 is 0 Å². The van der Waals surface area contributed by atoms with Gasteiger partial charge in [0, 0.05) is 13.1 Å². The monoisotopic (exact) mass is 489 g/mol. The molecule has 0 radical (unpaired) electrons. The lowest BCUT2D eigenvalue weighted by Gasteiger charge is -2.33. The summed E-state index contributed by atoms with van der Waals surface area (Å²) in [5.74, 6) is -0.0564. The smallest absolute Gasteiger partial charge is 0.244 e. The third kappa shape index (κ3) is 6.96. The Bertz CT molecular complexity index is 1100. The zero-order chi connectivity index (χ0) is 25.5. The van der Waals surface area contributed by atoms with Crippen molar-refractivity contribution >= 4 is 27.5 Å². The fourth-order valence-corrected chi connectivity index (χ4v) is 4.73. The predicted molar refractivity (Wildman–Crippen MR) is 134 cm³/mol. The molecule has 9 heteroatoms. The van der Waals surface area contributed by atoms with Crippen LogP contribution >= 0.6 is 0 Å². The third-order valence-corrected chi connectivity index (χ3v) is 6.68. The number of hydrogen-bond acceptors (Lipinski definition) is 5. The van der Waals surface area contributed by atoms with Gasteiger partial charge in [-0.1, -0.05) is 36.8 Å². The minimum absolute atomic E-state index is 0.156. The highest BCUT2D eigenvalue weighted by Crippen LogP contribution is 2.24. The van der Waals surface area contributed by atoms with Crippen LogP contribution in [0.4, 0.5) is 5.69 Å². The standard InChI is InChI=1S/C25H35N3O5S/c1-7-22(25(30)26-8-2)27(16-20-10-12-21(33-5)13-11-20)24(29)17-28(34(6,31)32)23-14-9-18(3)15-19(23)4/h9-15,22H,7-8,16-17H2,1-6H3,(H,26,30)/t22-/m1/s1. The molecule has 0 aliphatic heterocycles. The quantitative estimate of drug-likeness (QED) is 0.523. The van der Waals surface area contributed by atoms with E-state index in [9.17, 15) is 18.0 Å². The molecule has 0 bridgehead atoms. The van der Waals surface area contributed by atoms with Crippen molar-refractivity contribution in [2.24, 2.45) is 0 Å². The number of sulfonamides is 1. The number of carbonyl (C=O) groups is 2. The fraction of sp³-hybridized carbons (Fsp3) is 0.440. The molecule has 186 valence electrons. The van der Waals surface area contributed by atoms with Crippen molar-refractivity contribution in [1.29, 1.82) is 0 Å². The molecular formula is C25H35N3O5S. The van der Waals surface area contributed by atoms with Crippen molar-refractivity contribution in [3.8, 4) is 5.75 Å². The minimum Gasteiger partial charge on any atom is -0.497 e. The maximum absolute atomic E-state index is 13.6. The molecule has 1 atom stereocenters. The largest absolute Gasteiger partial charge is 0.497 e. The molecule has 0 spiro atoms. The number of benzene rings is 2. The number of amides is 2. The first-order valence-corrected chi connectivity index (χ1v) is 13.1. The maximum Gasteiger partial charge on any atom is 0.244 e. The van der Waals surface area contributed by atoms with Gasteiger partial charge in [-0.15, -0.1) is 0 Å². The van der Waals surface area contributed by atoms with Crippen LogP contribution in [0.3, 0.4) is 0 Å². The second-order valence-electron chi connectivity index (χ2n) is 8.25. The first-order chi connectivity index (χ1) is 16.0. The molecule has 0 aliphatic carbocycles. The fourth-order valence-electron chi connectivity index (χ4n) is 3.82. The van der Waals surface area contributed by atoms with Crippen LogP contribution in [0.15, 0.2) is 42.5 Å². The van der Waals surface area contributed by atoms with Gasteiger partial charge in [0.1, 0.15) is 18.3 Å². The van der Waals surface area contributed by atoms with E-state index in [4.69, 9.17) is 4.74 Å². The summed E-state index contributed by atoms with van der Waals surface area (Å²) in [5, 5.41) is 2.78. The van der Waals surface area contributed by atoms with Crippen LogP contribution in [0.5, 0.6) is 5.75 Å². The molecule has 0 saturated heterocycles. The zero-order valence-electron chi connectivity index (χ0n) is 20.8. The van der Waals surface area contributed by atoms with Crippen molar-refractivity contribution in [2.75, 3.05) is 30.8 Å². The van der Waals surface area contributed by atoms with Crippen LogP contribution in [0, 0.1) is 13.8 Å². The van der Waals surface area contributed by atoms with Gasteiger partial charge in [0.05, 0.1) is 19.1 Å². The SMILES string of the molecule is CCNC(=O)[C@@H](CC)N(Cc1ccc(OC)cc1)C(=O)CN(c1ccc(C)cc1C)S(C)(=O)=O. The van der Waals surface area contributed by atoms with E-state index in [1.165, 1.54) is 4.90 Å². The molecule has 0 heterocycles. The topological polar surface area (TPSA) is 96.0 Å². The van der Waals surface area contributed by atoms with E-state index in [0.29, 0.717) is 24.4 Å². The van der Waals surface area contributed by atoms with Crippen LogP contribution in [0.2, 0.25) is 0 Å². The number of carbonyl (C=O) groups excluding carboxylic acids is 2. The average molecular weight is 490 g/mol. The normalized spacial score (nSPS) is 12.1. The Kier molecular flexibility index (Phi) is 9.49. The van der Waals surface area contributed by atoms with Gasteiger partial charge in [0.2, 0.25) is 21.8 Å². The Hall–Kier alpha value is -3.07. The van der Waals surface area contributed by atoms with Crippen LogP contribution < -0.4 is 14.4 Å². The van der Waals surface area contributed by atoms with Crippen LogP contribution in [-0.2, 0) is 26.2 Å². The van der Waals surface area contributed by atoms with Crippen LogP contribution in [0.25, 0.3) is 0 Å². The van der Waals surface area contributed by atoms with Crippen molar-refractivity contribution < 1.29 is 22.7 Å². The molecule has 0 unspecified atom stereocenters. The predicted octanol–water partition coefficient (Wildman–Crippen LogP) is 3.02. The maximum atomic E-state index is 13.6. The number of likely N-dealkylation sites (N-methyl/N-ethyl adjacent to an activating group) is 1. The summed E-state index contributed by atoms with van der Waals surface area (Å²) in [7, 11) is -2.19. The molecule has 0 saturated carbocycles. The molecule has 2 aromatic carbocycles. The highest BCUT2D eigenvalue weighted by atomic mass is 32.2. The summed E-state index contributed by atoms with van der Waals surface area (Å²) in [5.41, 5.74) is 2.98. The third-order valence-electron chi connectivity index (χ3n) is 5.55. The number of rotatable bonds is 11. The zero-order valence-corrected chi connectivity index (χ0v) is 21.6.